The Labute approximate surface area is 111 Å². The van der Waals surface area contributed by atoms with Crippen LogP contribution in [-0.2, 0) is 0 Å². The second-order valence-corrected chi connectivity index (χ2v) is 4.78. The van der Waals surface area contributed by atoms with Gasteiger partial charge in [0.1, 0.15) is 0 Å². The molecule has 0 bridgehead atoms. The molecule has 0 fully saturated rings. The van der Waals surface area contributed by atoms with E-state index in [1.165, 1.54) is 0 Å². The summed E-state index contributed by atoms with van der Waals surface area (Å²) < 4.78 is 0. The Morgan fingerprint density at radius 3 is 2.41 bits per heavy atom. The number of carbonyl (C=O) groups excluding carboxylic acids is 1. The molecule has 0 heterocycles. The Morgan fingerprint density at radius 1 is 1.29 bits per heavy atom. The Hall–Kier alpha value is -0.770. The van der Waals surface area contributed by atoms with Gasteiger partial charge in [-0.05, 0) is 31.6 Å². The van der Waals surface area contributed by atoms with Gasteiger partial charge < -0.3 is 10.6 Å². The molecule has 1 amide bonds. The highest BCUT2D eigenvalue weighted by Crippen LogP contribution is 2.23. The van der Waals surface area contributed by atoms with E-state index in [1.54, 1.807) is 18.2 Å². The Kier molecular flexibility index (Phi) is 5.75. The summed E-state index contributed by atoms with van der Waals surface area (Å²) in [5, 5.41) is 6.61. The van der Waals surface area contributed by atoms with Crippen molar-refractivity contribution < 1.29 is 4.79 Å². The van der Waals surface area contributed by atoms with E-state index < -0.39 is 0 Å². The van der Waals surface area contributed by atoms with Crippen molar-refractivity contribution in [2.45, 2.75) is 6.92 Å². The van der Waals surface area contributed by atoms with Gasteiger partial charge in [-0.3, -0.25) is 4.79 Å². The summed E-state index contributed by atoms with van der Waals surface area (Å²) in [6.07, 6.45) is 0. The maximum atomic E-state index is 11.9. The first kappa shape index (κ1) is 14.3. The van der Waals surface area contributed by atoms with E-state index in [2.05, 4.69) is 10.6 Å². The minimum Gasteiger partial charge on any atom is -0.352 e. The third kappa shape index (κ3) is 4.19. The summed E-state index contributed by atoms with van der Waals surface area (Å²) in [6.45, 7) is 3.47. The number of benzene rings is 1. The number of halogens is 2. The van der Waals surface area contributed by atoms with Crippen molar-refractivity contribution in [3.63, 3.8) is 0 Å². The number of hydrogen-bond acceptors (Lipinski definition) is 2. The topological polar surface area (TPSA) is 41.1 Å². The second-order valence-electron chi connectivity index (χ2n) is 3.97. The van der Waals surface area contributed by atoms with Crippen LogP contribution in [0, 0.1) is 5.92 Å². The third-order valence-electron chi connectivity index (χ3n) is 2.35. The minimum atomic E-state index is -0.233. The molecule has 1 unspecified atom stereocenters. The van der Waals surface area contributed by atoms with Crippen LogP contribution in [0.25, 0.3) is 0 Å². The zero-order valence-corrected chi connectivity index (χ0v) is 11.4. The molecule has 5 heteroatoms. The molecular weight excluding hydrogens is 259 g/mol. The fraction of sp³-hybridized carbons (Fsp3) is 0.417. The highest BCUT2D eigenvalue weighted by molar-refractivity contribution is 6.39. The van der Waals surface area contributed by atoms with Crippen molar-refractivity contribution in [3.05, 3.63) is 33.8 Å². The summed E-state index contributed by atoms with van der Waals surface area (Å²) in [5.74, 6) is 0.119. The molecule has 0 aliphatic rings. The molecule has 94 valence electrons. The highest BCUT2D eigenvalue weighted by atomic mass is 35.5. The van der Waals surface area contributed by atoms with Crippen LogP contribution in [-0.4, -0.2) is 26.0 Å². The van der Waals surface area contributed by atoms with Gasteiger partial charge in [0.25, 0.3) is 5.91 Å². The van der Waals surface area contributed by atoms with Crippen molar-refractivity contribution in [1.82, 2.24) is 10.6 Å². The van der Waals surface area contributed by atoms with Crippen LogP contribution in [0.1, 0.15) is 17.3 Å². The van der Waals surface area contributed by atoms with Gasteiger partial charge in [-0.1, -0.05) is 36.2 Å². The van der Waals surface area contributed by atoms with Crippen molar-refractivity contribution in [2.75, 3.05) is 20.1 Å². The maximum Gasteiger partial charge on any atom is 0.254 e. The van der Waals surface area contributed by atoms with Gasteiger partial charge in [0.15, 0.2) is 0 Å². The fourth-order valence-electron chi connectivity index (χ4n) is 1.49. The number of rotatable bonds is 5. The number of carbonyl (C=O) groups is 1. The van der Waals surface area contributed by atoms with Crippen LogP contribution in [0.15, 0.2) is 18.2 Å². The second kappa shape index (κ2) is 6.84. The first-order valence-electron chi connectivity index (χ1n) is 5.43. The fourth-order valence-corrected chi connectivity index (χ4v) is 2.06. The smallest absolute Gasteiger partial charge is 0.254 e. The Morgan fingerprint density at radius 2 is 1.88 bits per heavy atom. The van der Waals surface area contributed by atoms with Crippen LogP contribution in [0.2, 0.25) is 10.0 Å². The standard InChI is InChI=1S/C12H16Cl2N2O/c1-8(6-15-2)7-16-12(17)11-9(13)4-3-5-10(11)14/h3-5,8,15H,6-7H2,1-2H3,(H,16,17). The number of hydrogen-bond donors (Lipinski definition) is 2. The van der Waals surface area contributed by atoms with Gasteiger partial charge in [-0.15, -0.1) is 0 Å². The molecule has 17 heavy (non-hydrogen) atoms. The van der Waals surface area contributed by atoms with Gasteiger partial charge in [0.05, 0.1) is 15.6 Å². The van der Waals surface area contributed by atoms with Gasteiger partial charge in [0, 0.05) is 6.54 Å². The summed E-state index contributed by atoms with van der Waals surface area (Å²) >= 11 is 11.9. The maximum absolute atomic E-state index is 11.9. The lowest BCUT2D eigenvalue weighted by Gasteiger charge is -2.13. The van der Waals surface area contributed by atoms with Crippen LogP contribution in [0.3, 0.4) is 0 Å². The van der Waals surface area contributed by atoms with Gasteiger partial charge in [-0.2, -0.15) is 0 Å². The lowest BCUT2D eigenvalue weighted by Crippen LogP contribution is -2.32. The molecule has 1 atom stereocenters. The van der Waals surface area contributed by atoms with Crippen LogP contribution in [0.5, 0.6) is 0 Å². The van der Waals surface area contributed by atoms with E-state index in [-0.39, 0.29) is 5.91 Å². The van der Waals surface area contributed by atoms with Gasteiger partial charge in [-0.25, -0.2) is 0 Å². The van der Waals surface area contributed by atoms with Crippen molar-refractivity contribution >= 4 is 29.1 Å². The van der Waals surface area contributed by atoms with E-state index in [1.807, 2.05) is 14.0 Å². The summed E-state index contributed by atoms with van der Waals surface area (Å²) in [5.41, 5.74) is 0.340. The van der Waals surface area contributed by atoms with Gasteiger partial charge in [0.2, 0.25) is 0 Å². The zero-order valence-electron chi connectivity index (χ0n) is 9.89. The largest absolute Gasteiger partial charge is 0.352 e. The average Bonchev–Trinajstić information content (AvgIpc) is 2.26. The van der Waals surface area contributed by atoms with Crippen LogP contribution < -0.4 is 10.6 Å². The molecule has 0 radical (unpaired) electrons. The SMILES string of the molecule is CNCC(C)CNC(=O)c1c(Cl)cccc1Cl. The Bertz CT molecular complexity index is 376. The van der Waals surface area contributed by atoms with Crippen LogP contribution >= 0.6 is 23.2 Å². The molecular formula is C12H16Cl2N2O. The molecule has 1 aromatic rings. The summed E-state index contributed by atoms with van der Waals surface area (Å²) in [7, 11) is 1.88. The van der Waals surface area contributed by atoms with E-state index in [4.69, 9.17) is 23.2 Å². The zero-order chi connectivity index (χ0) is 12.8. The van der Waals surface area contributed by atoms with Gasteiger partial charge >= 0.3 is 0 Å². The molecule has 1 aromatic carbocycles. The number of amides is 1. The highest BCUT2D eigenvalue weighted by Gasteiger charge is 2.14. The third-order valence-corrected chi connectivity index (χ3v) is 2.98. The predicted octanol–water partition coefficient (Wildman–Crippen LogP) is 2.58. The molecule has 0 aliphatic carbocycles. The molecule has 3 nitrogen and oxygen atoms in total. The number of nitrogens with one attached hydrogen (secondary N) is 2. The Balaban J connectivity index is 2.64. The molecule has 2 N–H and O–H groups in total. The monoisotopic (exact) mass is 274 g/mol. The molecule has 0 aromatic heterocycles. The lowest BCUT2D eigenvalue weighted by atomic mass is 10.1. The molecule has 0 saturated heterocycles. The first-order chi connectivity index (χ1) is 8.06. The lowest BCUT2D eigenvalue weighted by molar-refractivity contribution is 0.0948. The summed E-state index contributed by atoms with van der Waals surface area (Å²) in [6, 6.07) is 5.02. The van der Waals surface area contributed by atoms with E-state index in [0.717, 1.165) is 6.54 Å². The van der Waals surface area contributed by atoms with E-state index in [0.29, 0.717) is 28.1 Å². The van der Waals surface area contributed by atoms with Crippen LogP contribution in [0.4, 0.5) is 0 Å². The van der Waals surface area contributed by atoms with Crippen molar-refractivity contribution in [3.8, 4) is 0 Å². The summed E-state index contributed by atoms with van der Waals surface area (Å²) in [4.78, 5) is 11.9. The molecule has 0 spiro atoms. The molecule has 0 saturated carbocycles. The van der Waals surface area contributed by atoms with E-state index >= 15 is 0 Å². The molecule has 1 rings (SSSR count). The normalized spacial score (nSPS) is 12.2. The predicted molar refractivity (Wildman–Crippen MR) is 71.9 cm³/mol. The molecule has 0 aliphatic heterocycles. The van der Waals surface area contributed by atoms with E-state index in [9.17, 15) is 4.79 Å². The van der Waals surface area contributed by atoms with Crippen molar-refractivity contribution in [2.24, 2.45) is 5.92 Å². The van der Waals surface area contributed by atoms with Crippen molar-refractivity contribution in [1.29, 1.82) is 0 Å². The quantitative estimate of drug-likeness (QED) is 0.867. The minimum absolute atomic E-state index is 0.233. The average molecular weight is 275 g/mol. The first-order valence-corrected chi connectivity index (χ1v) is 6.18.